The molecule has 6 nitrogen and oxygen atoms in total. The molecule has 1 aromatic heterocycles. The van der Waals surface area contributed by atoms with Gasteiger partial charge in [0.15, 0.2) is 0 Å². The van der Waals surface area contributed by atoms with Gasteiger partial charge in [-0.05, 0) is 50.5 Å². The van der Waals surface area contributed by atoms with Crippen LogP contribution in [-0.4, -0.2) is 34.0 Å². The van der Waals surface area contributed by atoms with Gasteiger partial charge in [0.25, 0.3) is 5.91 Å². The number of hydrogen-bond acceptors (Lipinski definition) is 4. The summed E-state index contributed by atoms with van der Waals surface area (Å²) >= 11 is 0. The third kappa shape index (κ3) is 2.94. The summed E-state index contributed by atoms with van der Waals surface area (Å²) in [6.45, 7) is 1.87. The first kappa shape index (κ1) is 14.3. The van der Waals surface area contributed by atoms with E-state index in [1.807, 2.05) is 6.92 Å². The van der Waals surface area contributed by atoms with Crippen molar-refractivity contribution in [2.75, 3.05) is 0 Å². The molecule has 0 spiro atoms. The third-order valence-electron chi connectivity index (χ3n) is 4.64. The summed E-state index contributed by atoms with van der Waals surface area (Å²) in [5.74, 6) is 2.04. The Morgan fingerprint density at radius 2 is 2.13 bits per heavy atom. The first-order valence-electron chi connectivity index (χ1n) is 8.04. The number of carbonyl (C=O) groups is 1. The molecule has 4 rings (SSSR count). The number of ether oxygens (including phenoxy) is 1. The minimum absolute atomic E-state index is 0.0201. The predicted molar refractivity (Wildman–Crippen MR) is 85.7 cm³/mol. The smallest absolute Gasteiger partial charge is 0.251 e. The fourth-order valence-corrected chi connectivity index (χ4v) is 3.49. The molecule has 1 aromatic carbocycles. The largest absolute Gasteiger partial charge is 0.439 e. The van der Waals surface area contributed by atoms with Crippen LogP contribution in [0.5, 0.6) is 11.6 Å². The van der Waals surface area contributed by atoms with E-state index >= 15 is 0 Å². The van der Waals surface area contributed by atoms with Crippen molar-refractivity contribution in [2.24, 2.45) is 0 Å². The van der Waals surface area contributed by atoms with Crippen LogP contribution in [-0.2, 0) is 0 Å². The first-order chi connectivity index (χ1) is 11.2. The molecule has 2 aliphatic heterocycles. The van der Waals surface area contributed by atoms with Crippen molar-refractivity contribution in [1.82, 2.24) is 20.6 Å². The minimum Gasteiger partial charge on any atom is -0.439 e. The van der Waals surface area contributed by atoms with E-state index in [-0.39, 0.29) is 11.9 Å². The second-order valence-corrected chi connectivity index (χ2v) is 6.32. The Labute approximate surface area is 134 Å². The summed E-state index contributed by atoms with van der Waals surface area (Å²) in [4.78, 5) is 19.4. The minimum atomic E-state index is -0.0201. The highest BCUT2D eigenvalue weighted by atomic mass is 16.5. The van der Waals surface area contributed by atoms with Crippen LogP contribution in [0.25, 0.3) is 0 Å². The molecule has 0 saturated carbocycles. The summed E-state index contributed by atoms with van der Waals surface area (Å²) in [7, 11) is 0. The van der Waals surface area contributed by atoms with E-state index in [0.29, 0.717) is 29.3 Å². The summed E-state index contributed by atoms with van der Waals surface area (Å²) in [6, 6.07) is 8.44. The number of amides is 1. The van der Waals surface area contributed by atoms with Crippen LogP contribution in [0.15, 0.2) is 30.5 Å². The van der Waals surface area contributed by atoms with Crippen molar-refractivity contribution in [2.45, 2.75) is 44.3 Å². The lowest BCUT2D eigenvalue weighted by atomic mass is 9.95. The van der Waals surface area contributed by atoms with Gasteiger partial charge in [0.1, 0.15) is 11.6 Å². The molecule has 2 saturated heterocycles. The second-order valence-electron chi connectivity index (χ2n) is 6.32. The molecule has 3 atom stereocenters. The molecule has 6 heteroatoms. The molecule has 120 valence electrons. The standard InChI is InChI=1S/C17H20N4O2/c1-10-18-9-16(19-10)23-13-5-2-11(3-6-13)17(22)21-15-8-12-4-7-14(15)20-12/h2-3,5-6,9,12,14-15,20H,4,7-8H2,1H3,(H,18,19)(H,21,22)/t12-,14+,15-/m1/s1. The van der Waals surface area contributed by atoms with Gasteiger partial charge in [-0.25, -0.2) is 4.98 Å². The number of fused-ring (bicyclic) bond motifs is 2. The lowest BCUT2D eigenvalue weighted by Gasteiger charge is -2.21. The topological polar surface area (TPSA) is 79.0 Å². The van der Waals surface area contributed by atoms with Crippen LogP contribution in [0.2, 0.25) is 0 Å². The fraction of sp³-hybridized carbons (Fsp3) is 0.412. The van der Waals surface area contributed by atoms with Crippen LogP contribution >= 0.6 is 0 Å². The van der Waals surface area contributed by atoms with Crippen molar-refractivity contribution in [1.29, 1.82) is 0 Å². The lowest BCUT2D eigenvalue weighted by molar-refractivity contribution is 0.0931. The Balaban J connectivity index is 1.38. The van der Waals surface area contributed by atoms with Gasteiger partial charge in [0.05, 0.1) is 6.20 Å². The Bertz CT molecular complexity index is 710. The van der Waals surface area contributed by atoms with Gasteiger partial charge >= 0.3 is 0 Å². The number of aromatic nitrogens is 2. The Kier molecular flexibility index (Phi) is 3.53. The number of imidazole rings is 1. The Morgan fingerprint density at radius 3 is 2.74 bits per heavy atom. The van der Waals surface area contributed by atoms with Gasteiger partial charge in [-0.1, -0.05) is 0 Å². The van der Waals surface area contributed by atoms with Crippen LogP contribution in [0.1, 0.15) is 35.4 Å². The molecular weight excluding hydrogens is 292 g/mol. The molecule has 2 fully saturated rings. The SMILES string of the molecule is Cc1ncc(Oc2ccc(C(=O)N[C@@H]3C[C@H]4CC[C@@H]3N4)cc2)[nH]1. The normalized spacial score (nSPS) is 25.5. The number of hydrogen-bond donors (Lipinski definition) is 3. The summed E-state index contributed by atoms with van der Waals surface area (Å²) in [5, 5.41) is 6.67. The van der Waals surface area contributed by atoms with Crippen molar-refractivity contribution in [3.05, 3.63) is 41.9 Å². The Morgan fingerprint density at radius 1 is 1.30 bits per heavy atom. The van der Waals surface area contributed by atoms with Crippen LogP contribution in [0.3, 0.4) is 0 Å². The van der Waals surface area contributed by atoms with E-state index in [9.17, 15) is 4.79 Å². The lowest BCUT2D eigenvalue weighted by Crippen LogP contribution is -2.42. The zero-order chi connectivity index (χ0) is 15.8. The van der Waals surface area contributed by atoms with Crippen LogP contribution < -0.4 is 15.4 Å². The number of H-pyrrole nitrogens is 1. The van der Waals surface area contributed by atoms with Gasteiger partial charge in [-0.2, -0.15) is 0 Å². The molecule has 3 N–H and O–H groups in total. The number of nitrogens with one attached hydrogen (secondary N) is 3. The summed E-state index contributed by atoms with van der Waals surface area (Å²) < 4.78 is 5.65. The monoisotopic (exact) mass is 312 g/mol. The van der Waals surface area contributed by atoms with E-state index < -0.39 is 0 Å². The molecule has 1 amide bonds. The van der Waals surface area contributed by atoms with Crippen LogP contribution in [0, 0.1) is 6.92 Å². The molecular formula is C17H20N4O2. The van der Waals surface area contributed by atoms with E-state index in [0.717, 1.165) is 18.7 Å². The van der Waals surface area contributed by atoms with E-state index in [1.165, 1.54) is 6.42 Å². The molecule has 0 radical (unpaired) electrons. The number of nitrogens with zero attached hydrogens (tertiary/aromatic N) is 1. The number of rotatable bonds is 4. The maximum absolute atomic E-state index is 12.4. The maximum Gasteiger partial charge on any atom is 0.251 e. The predicted octanol–water partition coefficient (Wildman–Crippen LogP) is 2.13. The zero-order valence-electron chi connectivity index (χ0n) is 13.0. The van der Waals surface area contributed by atoms with Crippen molar-refractivity contribution in [3.8, 4) is 11.6 Å². The Hall–Kier alpha value is -2.34. The molecule has 0 aliphatic carbocycles. The highest BCUT2D eigenvalue weighted by Gasteiger charge is 2.39. The van der Waals surface area contributed by atoms with Crippen molar-refractivity contribution < 1.29 is 9.53 Å². The van der Waals surface area contributed by atoms with Crippen molar-refractivity contribution >= 4 is 5.91 Å². The highest BCUT2D eigenvalue weighted by molar-refractivity contribution is 5.94. The molecule has 3 heterocycles. The fourth-order valence-electron chi connectivity index (χ4n) is 3.49. The number of aryl methyl sites for hydroxylation is 1. The highest BCUT2D eigenvalue weighted by Crippen LogP contribution is 2.28. The molecule has 2 bridgehead atoms. The van der Waals surface area contributed by atoms with Crippen LogP contribution in [0.4, 0.5) is 0 Å². The van der Waals surface area contributed by atoms with Gasteiger partial charge in [-0.3, -0.25) is 4.79 Å². The molecule has 2 aromatic rings. The molecule has 2 aliphatic rings. The number of carbonyl (C=O) groups excluding carboxylic acids is 1. The summed E-state index contributed by atoms with van der Waals surface area (Å²) in [6.07, 6.45) is 5.07. The number of aromatic amines is 1. The van der Waals surface area contributed by atoms with Crippen molar-refractivity contribution in [3.63, 3.8) is 0 Å². The quantitative estimate of drug-likeness (QED) is 0.808. The van der Waals surface area contributed by atoms with Gasteiger partial charge in [0, 0.05) is 23.7 Å². The van der Waals surface area contributed by atoms with Gasteiger partial charge in [0.2, 0.25) is 5.88 Å². The number of benzene rings is 1. The van der Waals surface area contributed by atoms with E-state index in [4.69, 9.17) is 4.74 Å². The molecule has 0 unspecified atom stereocenters. The van der Waals surface area contributed by atoms with E-state index in [2.05, 4.69) is 20.6 Å². The molecule has 23 heavy (non-hydrogen) atoms. The average Bonchev–Trinajstić information content (AvgIpc) is 3.25. The maximum atomic E-state index is 12.4. The van der Waals surface area contributed by atoms with Gasteiger partial charge in [-0.15, -0.1) is 0 Å². The van der Waals surface area contributed by atoms with Gasteiger partial charge < -0.3 is 20.4 Å². The zero-order valence-corrected chi connectivity index (χ0v) is 13.0. The average molecular weight is 312 g/mol. The van der Waals surface area contributed by atoms with E-state index in [1.54, 1.807) is 30.5 Å². The third-order valence-corrected chi connectivity index (χ3v) is 4.64. The summed E-state index contributed by atoms with van der Waals surface area (Å²) in [5.41, 5.74) is 0.654. The second kappa shape index (κ2) is 5.70. The first-order valence-corrected chi connectivity index (χ1v) is 8.04.